The molecule has 0 spiro atoms. The van der Waals surface area contributed by atoms with Crippen molar-refractivity contribution in [1.29, 1.82) is 0 Å². The van der Waals surface area contributed by atoms with Gasteiger partial charge in [-0.05, 0) is 0 Å². The summed E-state index contributed by atoms with van der Waals surface area (Å²) in [6, 6.07) is 0. The molecule has 0 fully saturated rings. The van der Waals surface area contributed by atoms with Crippen LogP contribution in [0.25, 0.3) is 0 Å². The molecule has 0 aromatic heterocycles. The predicted octanol–water partition coefficient (Wildman–Crippen LogP) is 0.545. The third kappa shape index (κ3) is 3.65. The van der Waals surface area contributed by atoms with Crippen LogP contribution in [0.3, 0.4) is 0 Å². The molecule has 0 atom stereocenters. The fourth-order valence-corrected chi connectivity index (χ4v) is 3.18. The Labute approximate surface area is 57.5 Å². The Bertz CT molecular complexity index is 34.4. The molecule has 0 saturated heterocycles. The second-order valence-corrected chi connectivity index (χ2v) is 9.15. The van der Waals surface area contributed by atoms with Crippen molar-refractivity contribution in [3.63, 3.8) is 0 Å². The van der Waals surface area contributed by atoms with Gasteiger partial charge in [0.15, 0.2) is 0 Å². The molecule has 0 aliphatic heterocycles. The molecule has 0 bridgehead atoms. The Hall–Kier alpha value is 1.08. The molecule has 0 saturated carbocycles. The Balaban J connectivity index is 2.99. The van der Waals surface area contributed by atoms with Gasteiger partial charge in [0.1, 0.15) is 0 Å². The molecule has 0 aromatic rings. The molecule has 0 aliphatic rings. The van der Waals surface area contributed by atoms with E-state index < -0.39 is 22.3 Å². The summed E-state index contributed by atoms with van der Waals surface area (Å²) in [7, 11) is 3.29. The molecule has 42 valence electrons. The molecule has 0 amide bonds. The number of rotatable bonds is 3. The first-order valence-corrected chi connectivity index (χ1v) is 7.52. The van der Waals surface area contributed by atoms with Crippen LogP contribution in [0.1, 0.15) is 0 Å². The van der Waals surface area contributed by atoms with Gasteiger partial charge in [0.05, 0.1) is 0 Å². The second-order valence-electron chi connectivity index (χ2n) is 1.06. The molecule has 0 aliphatic carbocycles. The van der Waals surface area contributed by atoms with Crippen molar-refractivity contribution in [2.75, 3.05) is 17.9 Å². The summed E-state index contributed by atoms with van der Waals surface area (Å²) in [5.74, 6) is 0. The normalized spacial score (nSPS) is 9.00. The van der Waals surface area contributed by atoms with Crippen molar-refractivity contribution in [1.82, 2.24) is 0 Å². The topological polar surface area (TPSA) is 18.5 Å². The number of alkyl halides is 1. The van der Waals surface area contributed by atoms with Crippen LogP contribution in [0.2, 0.25) is 0 Å². The van der Waals surface area contributed by atoms with Gasteiger partial charge >= 0.3 is 57.5 Å². The van der Waals surface area contributed by atoms with Crippen molar-refractivity contribution in [2.24, 2.45) is 0 Å². The first kappa shape index (κ1) is 8.08. The first-order chi connectivity index (χ1) is 3.35. The Morgan fingerprint density at radius 2 is 1.86 bits per heavy atom. The molecular weight excluding hydrogens is 218 g/mol. The van der Waals surface area contributed by atoms with Gasteiger partial charge in [-0.25, -0.2) is 0 Å². The SMILES string of the molecule is C[O][In]([CH2]Cl)[O]C. The fourth-order valence-electron chi connectivity index (χ4n) is 0.222. The van der Waals surface area contributed by atoms with E-state index in [1.807, 2.05) is 0 Å². The van der Waals surface area contributed by atoms with E-state index in [1.165, 1.54) is 0 Å². The van der Waals surface area contributed by atoms with Gasteiger partial charge in [-0.2, -0.15) is 0 Å². The quantitative estimate of drug-likeness (QED) is 0.654. The van der Waals surface area contributed by atoms with Crippen molar-refractivity contribution in [3.8, 4) is 0 Å². The third-order valence-corrected chi connectivity index (χ3v) is 6.06. The van der Waals surface area contributed by atoms with Gasteiger partial charge in [-0.3, -0.25) is 0 Å². The molecule has 0 N–H and O–H groups in total. The molecule has 7 heavy (non-hydrogen) atoms. The van der Waals surface area contributed by atoms with Crippen LogP contribution in [-0.4, -0.2) is 40.2 Å². The van der Waals surface area contributed by atoms with Gasteiger partial charge in [-0.15, -0.1) is 0 Å². The summed E-state index contributed by atoms with van der Waals surface area (Å²) in [5, 5.41) is 0. The van der Waals surface area contributed by atoms with E-state index in [-0.39, 0.29) is 0 Å². The fraction of sp³-hybridized carbons (Fsp3) is 1.00. The van der Waals surface area contributed by atoms with E-state index in [0.29, 0.717) is 3.64 Å². The standard InChI is InChI=1S/CH2Cl.2CH3O.In/c3*1-2;/h1H2;2*1H3;/q;2*-1;+2. The molecule has 4 heteroatoms. The number of hydrogen-bond acceptors (Lipinski definition) is 2. The van der Waals surface area contributed by atoms with Crippen molar-refractivity contribution < 1.29 is 5.71 Å². The molecular formula is C3H8ClInO2. The monoisotopic (exact) mass is 226 g/mol. The summed E-state index contributed by atoms with van der Waals surface area (Å²) < 4.78 is 10.4. The maximum absolute atomic E-state index is 5.41. The summed E-state index contributed by atoms with van der Waals surface area (Å²) in [4.78, 5) is 0. The Kier molecular flexibility index (Phi) is 6.03. The Morgan fingerprint density at radius 1 is 1.43 bits per heavy atom. The zero-order valence-corrected chi connectivity index (χ0v) is 8.53. The minimum atomic E-state index is -2.00. The molecule has 0 unspecified atom stereocenters. The summed E-state index contributed by atoms with van der Waals surface area (Å²) in [6.07, 6.45) is 0. The van der Waals surface area contributed by atoms with Crippen LogP contribution < -0.4 is 0 Å². The molecule has 0 heterocycles. The second kappa shape index (κ2) is 5.22. The van der Waals surface area contributed by atoms with Crippen LogP contribution in [0.15, 0.2) is 0 Å². The summed E-state index contributed by atoms with van der Waals surface area (Å²) >= 11 is 3.41. The summed E-state index contributed by atoms with van der Waals surface area (Å²) in [5.41, 5.74) is 0. The first-order valence-electron chi connectivity index (χ1n) is 1.96. The predicted molar refractivity (Wildman–Crippen MR) is 30.5 cm³/mol. The van der Waals surface area contributed by atoms with Crippen LogP contribution >= 0.6 is 11.6 Å². The van der Waals surface area contributed by atoms with Crippen LogP contribution in [0, 0.1) is 0 Å². The van der Waals surface area contributed by atoms with Gasteiger partial charge in [0, 0.05) is 0 Å². The van der Waals surface area contributed by atoms with E-state index in [4.69, 9.17) is 17.3 Å². The van der Waals surface area contributed by atoms with E-state index in [0.717, 1.165) is 0 Å². The number of halogens is 1. The molecule has 0 radical (unpaired) electrons. The Morgan fingerprint density at radius 3 is 1.86 bits per heavy atom. The van der Waals surface area contributed by atoms with E-state index >= 15 is 0 Å². The molecule has 2 nitrogen and oxygen atoms in total. The summed E-state index contributed by atoms with van der Waals surface area (Å²) in [6.45, 7) is 0. The van der Waals surface area contributed by atoms with E-state index in [9.17, 15) is 0 Å². The number of hydrogen-bond donors (Lipinski definition) is 0. The zero-order chi connectivity index (χ0) is 5.70. The zero-order valence-electron chi connectivity index (χ0n) is 4.48. The maximum atomic E-state index is 5.41. The van der Waals surface area contributed by atoms with Crippen LogP contribution in [0.4, 0.5) is 0 Å². The van der Waals surface area contributed by atoms with Crippen molar-refractivity contribution in [2.45, 2.75) is 0 Å². The van der Waals surface area contributed by atoms with Gasteiger partial charge < -0.3 is 0 Å². The average molecular weight is 226 g/mol. The van der Waals surface area contributed by atoms with Gasteiger partial charge in [-0.1, -0.05) is 0 Å². The van der Waals surface area contributed by atoms with Crippen molar-refractivity contribution in [3.05, 3.63) is 0 Å². The average Bonchev–Trinajstić information content (AvgIpc) is 1.72. The van der Waals surface area contributed by atoms with Crippen LogP contribution in [0.5, 0.6) is 0 Å². The third-order valence-electron chi connectivity index (χ3n) is 0.652. The molecule has 0 rings (SSSR count). The van der Waals surface area contributed by atoms with Gasteiger partial charge in [0.2, 0.25) is 0 Å². The van der Waals surface area contributed by atoms with E-state index in [2.05, 4.69) is 0 Å². The molecule has 0 aromatic carbocycles. The van der Waals surface area contributed by atoms with Crippen LogP contribution in [-0.2, 0) is 5.71 Å². The van der Waals surface area contributed by atoms with Crippen molar-refractivity contribution >= 4 is 33.9 Å². The van der Waals surface area contributed by atoms with E-state index in [1.54, 1.807) is 14.2 Å². The minimum absolute atomic E-state index is 0.592. The van der Waals surface area contributed by atoms with Gasteiger partial charge in [0.25, 0.3) is 0 Å².